The Hall–Kier alpha value is 0.370. The summed E-state index contributed by atoms with van der Waals surface area (Å²) in [6, 6.07) is 1.91. The first-order valence-corrected chi connectivity index (χ1v) is 6.36. The summed E-state index contributed by atoms with van der Waals surface area (Å²) in [5, 5.41) is 0. The van der Waals surface area contributed by atoms with Gasteiger partial charge < -0.3 is 0 Å². The van der Waals surface area contributed by atoms with Gasteiger partial charge in [-0.15, -0.1) is 23.1 Å². The van der Waals surface area contributed by atoms with Gasteiger partial charge in [0, 0.05) is 10.6 Å². The van der Waals surface area contributed by atoms with E-state index >= 15 is 0 Å². The van der Waals surface area contributed by atoms with Crippen LogP contribution in [0, 0.1) is 0 Å². The van der Waals surface area contributed by atoms with E-state index in [1.165, 1.54) is 16.9 Å². The van der Waals surface area contributed by atoms with Crippen LogP contribution in [0.2, 0.25) is 8.67 Å². The van der Waals surface area contributed by atoms with Gasteiger partial charge in [-0.2, -0.15) is 0 Å². The molecule has 72 valence electrons. The van der Waals surface area contributed by atoms with Crippen LogP contribution in [0.25, 0.3) is 0 Å². The second kappa shape index (κ2) is 5.30. The Morgan fingerprint density at radius 1 is 1.54 bits per heavy atom. The van der Waals surface area contributed by atoms with Crippen molar-refractivity contribution in [3.8, 4) is 0 Å². The lowest BCUT2D eigenvalue weighted by molar-refractivity contribution is 1.37. The molecular formula is C9H10Cl2S2. The van der Waals surface area contributed by atoms with Crippen LogP contribution >= 0.6 is 46.3 Å². The van der Waals surface area contributed by atoms with Gasteiger partial charge in [0.25, 0.3) is 0 Å². The van der Waals surface area contributed by atoms with Crippen LogP contribution < -0.4 is 0 Å². The maximum atomic E-state index is 5.95. The van der Waals surface area contributed by atoms with Crippen LogP contribution in [0.5, 0.6) is 0 Å². The molecule has 1 heterocycles. The monoisotopic (exact) mass is 252 g/mol. The first kappa shape index (κ1) is 11.4. The number of thioether (sulfide) groups is 1. The lowest BCUT2D eigenvalue weighted by Gasteiger charge is -1.94. The van der Waals surface area contributed by atoms with E-state index in [4.69, 9.17) is 23.2 Å². The molecule has 0 bridgehead atoms. The number of allylic oxidation sites excluding steroid dienone is 1. The van der Waals surface area contributed by atoms with E-state index in [1.54, 1.807) is 11.8 Å². The van der Waals surface area contributed by atoms with Crippen LogP contribution in [0.4, 0.5) is 0 Å². The molecule has 1 aromatic rings. The van der Waals surface area contributed by atoms with Crippen molar-refractivity contribution in [1.82, 2.24) is 0 Å². The maximum Gasteiger partial charge on any atom is 0.108 e. The fraction of sp³-hybridized carbons (Fsp3) is 0.333. The molecule has 1 aromatic heterocycles. The van der Waals surface area contributed by atoms with Gasteiger partial charge >= 0.3 is 0 Å². The highest BCUT2D eigenvalue weighted by Crippen LogP contribution is 2.37. The maximum absolute atomic E-state index is 5.95. The number of thiophene rings is 1. The Morgan fingerprint density at radius 2 is 2.23 bits per heavy atom. The zero-order chi connectivity index (χ0) is 9.84. The van der Waals surface area contributed by atoms with Crippen molar-refractivity contribution in [2.45, 2.75) is 18.7 Å². The molecule has 0 nitrogen and oxygen atoms in total. The van der Waals surface area contributed by atoms with Gasteiger partial charge in [-0.3, -0.25) is 0 Å². The molecule has 0 aromatic carbocycles. The Bertz CT molecular complexity index is 311. The molecule has 0 N–H and O–H groups in total. The molecule has 0 fully saturated rings. The minimum atomic E-state index is 0.754. The second-order valence-electron chi connectivity index (χ2n) is 2.78. The lowest BCUT2D eigenvalue weighted by atomic mass is 10.3. The molecule has 1 rings (SSSR count). The molecular weight excluding hydrogens is 243 g/mol. The van der Waals surface area contributed by atoms with Gasteiger partial charge in [0.05, 0.1) is 4.34 Å². The minimum Gasteiger partial charge on any atom is -0.119 e. The third-order valence-electron chi connectivity index (χ3n) is 1.36. The van der Waals surface area contributed by atoms with Crippen LogP contribution in [-0.2, 0) is 0 Å². The predicted molar refractivity (Wildman–Crippen MR) is 64.5 cm³/mol. The van der Waals surface area contributed by atoms with Gasteiger partial charge in [0.15, 0.2) is 0 Å². The summed E-state index contributed by atoms with van der Waals surface area (Å²) in [6.45, 7) is 4.17. The van der Waals surface area contributed by atoms with Crippen molar-refractivity contribution in [3.05, 3.63) is 26.4 Å². The summed E-state index contributed by atoms with van der Waals surface area (Å²) in [5.41, 5.74) is 1.32. The van der Waals surface area contributed by atoms with E-state index < -0.39 is 0 Å². The van der Waals surface area contributed by atoms with Crippen LogP contribution in [0.1, 0.15) is 13.8 Å². The highest BCUT2D eigenvalue weighted by Gasteiger charge is 2.04. The first-order valence-electron chi connectivity index (χ1n) is 3.80. The third-order valence-corrected chi connectivity index (χ3v) is 4.05. The number of hydrogen-bond acceptors (Lipinski definition) is 2. The summed E-state index contributed by atoms with van der Waals surface area (Å²) in [7, 11) is 0. The van der Waals surface area contributed by atoms with E-state index in [0.717, 1.165) is 19.3 Å². The van der Waals surface area contributed by atoms with Crippen molar-refractivity contribution in [2.24, 2.45) is 0 Å². The molecule has 0 spiro atoms. The molecule has 0 atom stereocenters. The molecule has 0 saturated heterocycles. The average molecular weight is 253 g/mol. The Morgan fingerprint density at radius 3 is 2.69 bits per heavy atom. The molecule has 0 aliphatic rings. The third kappa shape index (κ3) is 3.94. The summed E-state index contributed by atoms with van der Waals surface area (Å²) in [4.78, 5) is 1.08. The van der Waals surface area contributed by atoms with Crippen molar-refractivity contribution in [1.29, 1.82) is 0 Å². The number of rotatable bonds is 3. The Balaban J connectivity index is 2.54. The SMILES string of the molecule is CC(C)=CCSc1cc(Cl)sc1Cl. The quantitative estimate of drug-likeness (QED) is 0.532. The van der Waals surface area contributed by atoms with E-state index in [1.807, 2.05) is 6.07 Å². The molecule has 13 heavy (non-hydrogen) atoms. The topological polar surface area (TPSA) is 0 Å². The van der Waals surface area contributed by atoms with Crippen molar-refractivity contribution >= 4 is 46.3 Å². The molecule has 0 unspecified atom stereocenters. The molecule has 0 amide bonds. The summed E-state index contributed by atoms with van der Waals surface area (Å²) < 4.78 is 1.54. The zero-order valence-electron chi connectivity index (χ0n) is 7.43. The summed E-state index contributed by atoms with van der Waals surface area (Å²) in [5.74, 6) is 0.953. The molecule has 0 aliphatic heterocycles. The van der Waals surface area contributed by atoms with E-state index in [-0.39, 0.29) is 0 Å². The average Bonchev–Trinajstić information content (AvgIpc) is 2.29. The van der Waals surface area contributed by atoms with Gasteiger partial charge in [0.2, 0.25) is 0 Å². The molecule has 0 aliphatic carbocycles. The number of hydrogen-bond donors (Lipinski definition) is 0. The zero-order valence-corrected chi connectivity index (χ0v) is 10.6. The molecule has 0 radical (unpaired) electrons. The normalized spacial score (nSPS) is 10.2. The van der Waals surface area contributed by atoms with Crippen LogP contribution in [0.15, 0.2) is 22.6 Å². The molecule has 4 heteroatoms. The van der Waals surface area contributed by atoms with Crippen molar-refractivity contribution in [2.75, 3.05) is 5.75 Å². The van der Waals surface area contributed by atoms with Crippen molar-refractivity contribution < 1.29 is 0 Å². The molecule has 0 saturated carbocycles. The van der Waals surface area contributed by atoms with Gasteiger partial charge in [-0.1, -0.05) is 34.9 Å². The lowest BCUT2D eigenvalue weighted by Crippen LogP contribution is -1.72. The minimum absolute atomic E-state index is 0.754. The van der Waals surface area contributed by atoms with Crippen molar-refractivity contribution in [3.63, 3.8) is 0 Å². The van der Waals surface area contributed by atoms with Gasteiger partial charge in [-0.05, 0) is 19.9 Å². The van der Waals surface area contributed by atoms with Crippen LogP contribution in [0.3, 0.4) is 0 Å². The summed E-state index contributed by atoms with van der Waals surface area (Å²) in [6.07, 6.45) is 2.17. The smallest absolute Gasteiger partial charge is 0.108 e. The highest BCUT2D eigenvalue weighted by atomic mass is 35.5. The first-order chi connectivity index (χ1) is 6.09. The summed E-state index contributed by atoms with van der Waals surface area (Å²) >= 11 is 14.9. The van der Waals surface area contributed by atoms with Gasteiger partial charge in [-0.25, -0.2) is 0 Å². The Kier molecular flexibility index (Phi) is 4.67. The predicted octanol–water partition coefficient (Wildman–Crippen LogP) is 5.11. The van der Waals surface area contributed by atoms with E-state index in [0.29, 0.717) is 0 Å². The highest BCUT2D eigenvalue weighted by molar-refractivity contribution is 7.99. The largest absolute Gasteiger partial charge is 0.119 e. The van der Waals surface area contributed by atoms with E-state index in [2.05, 4.69) is 19.9 Å². The standard InChI is InChI=1S/C9H10Cl2S2/c1-6(2)3-4-12-7-5-8(10)13-9(7)11/h3,5H,4H2,1-2H3. The fourth-order valence-electron chi connectivity index (χ4n) is 0.722. The second-order valence-corrected chi connectivity index (χ2v) is 6.13. The number of halogens is 2. The van der Waals surface area contributed by atoms with Crippen LogP contribution in [-0.4, -0.2) is 5.75 Å². The fourth-order valence-corrected chi connectivity index (χ4v) is 3.51. The van der Waals surface area contributed by atoms with Gasteiger partial charge in [0.1, 0.15) is 4.34 Å². The Labute approximate surface area is 96.9 Å². The van der Waals surface area contributed by atoms with E-state index in [9.17, 15) is 0 Å².